The van der Waals surface area contributed by atoms with Gasteiger partial charge < -0.3 is 10.2 Å². The predicted octanol–water partition coefficient (Wildman–Crippen LogP) is 3.67. The summed E-state index contributed by atoms with van der Waals surface area (Å²) < 4.78 is 0. The van der Waals surface area contributed by atoms with Gasteiger partial charge in [-0.05, 0) is 43.2 Å². The van der Waals surface area contributed by atoms with Crippen LogP contribution < -0.4 is 10.2 Å². The Bertz CT molecular complexity index is 972. The lowest BCUT2D eigenvalue weighted by atomic mass is 10.0. The number of hydrogen-bond acceptors (Lipinski definition) is 4. The van der Waals surface area contributed by atoms with Crippen molar-refractivity contribution in [2.75, 3.05) is 10.2 Å². The first kappa shape index (κ1) is 22.2. The van der Waals surface area contributed by atoms with Gasteiger partial charge in [0.25, 0.3) is 5.91 Å². The molecule has 0 saturated carbocycles. The van der Waals surface area contributed by atoms with E-state index in [0.29, 0.717) is 24.2 Å². The second kappa shape index (κ2) is 9.55. The molecule has 0 spiro atoms. The zero-order chi connectivity index (χ0) is 22.5. The lowest BCUT2D eigenvalue weighted by Crippen LogP contribution is -2.46. The van der Waals surface area contributed by atoms with Crippen LogP contribution in [0, 0.1) is 0 Å². The number of amides is 4. The number of rotatable bonds is 7. The van der Waals surface area contributed by atoms with Gasteiger partial charge in [0.1, 0.15) is 6.04 Å². The van der Waals surface area contributed by atoms with Crippen LogP contribution in [0.25, 0.3) is 0 Å². The maximum Gasteiger partial charge on any atom is 0.257 e. The molecule has 162 valence electrons. The Hall–Kier alpha value is -3.48. The van der Waals surface area contributed by atoms with Crippen LogP contribution in [0.1, 0.15) is 51.6 Å². The van der Waals surface area contributed by atoms with E-state index in [2.05, 4.69) is 5.32 Å². The summed E-state index contributed by atoms with van der Waals surface area (Å²) in [6.45, 7) is 5.20. The molecule has 2 atom stereocenters. The van der Waals surface area contributed by atoms with Crippen molar-refractivity contribution >= 4 is 35.0 Å². The molecule has 0 bridgehead atoms. The summed E-state index contributed by atoms with van der Waals surface area (Å²) in [5.41, 5.74) is 1.90. The summed E-state index contributed by atoms with van der Waals surface area (Å²) in [5.74, 6) is -1.12. The molecule has 7 heteroatoms. The summed E-state index contributed by atoms with van der Waals surface area (Å²) >= 11 is 0. The van der Waals surface area contributed by atoms with E-state index in [9.17, 15) is 19.2 Å². The molecule has 0 aliphatic carbocycles. The molecule has 2 aromatic carbocycles. The van der Waals surface area contributed by atoms with Crippen molar-refractivity contribution in [3.05, 3.63) is 60.2 Å². The molecule has 2 unspecified atom stereocenters. The first-order valence-electron chi connectivity index (χ1n) is 10.4. The molecule has 1 N–H and O–H groups in total. The molecule has 1 fully saturated rings. The third kappa shape index (κ3) is 4.82. The van der Waals surface area contributed by atoms with E-state index < -0.39 is 11.9 Å². The van der Waals surface area contributed by atoms with Crippen LogP contribution in [0.2, 0.25) is 0 Å². The van der Waals surface area contributed by atoms with Gasteiger partial charge >= 0.3 is 0 Å². The van der Waals surface area contributed by atoms with Crippen LogP contribution in [0.3, 0.4) is 0 Å². The van der Waals surface area contributed by atoms with Crippen molar-refractivity contribution in [3.8, 4) is 0 Å². The highest BCUT2D eigenvalue weighted by Gasteiger charge is 2.45. The summed E-state index contributed by atoms with van der Waals surface area (Å²) in [6.07, 6.45) is 0.902. The van der Waals surface area contributed by atoms with Crippen molar-refractivity contribution in [1.82, 2.24) is 4.90 Å². The molecule has 31 heavy (non-hydrogen) atoms. The van der Waals surface area contributed by atoms with Crippen LogP contribution in [0.5, 0.6) is 0 Å². The molecule has 1 aliphatic heterocycles. The normalized spacial score (nSPS) is 16.9. The topological polar surface area (TPSA) is 86.8 Å². The molecule has 4 amide bonds. The smallest absolute Gasteiger partial charge is 0.257 e. The van der Waals surface area contributed by atoms with Gasteiger partial charge in [-0.1, -0.05) is 37.3 Å². The second-order valence-corrected chi connectivity index (χ2v) is 7.65. The minimum Gasteiger partial charge on any atom is -0.326 e. The fraction of sp³-hybridized carbons (Fsp3) is 0.333. The van der Waals surface area contributed by atoms with Crippen LogP contribution in [0.15, 0.2) is 54.6 Å². The van der Waals surface area contributed by atoms with Gasteiger partial charge in [-0.3, -0.25) is 19.2 Å². The number of nitrogens with one attached hydrogen (secondary N) is 1. The van der Waals surface area contributed by atoms with E-state index in [4.69, 9.17) is 0 Å². The summed E-state index contributed by atoms with van der Waals surface area (Å²) in [5, 5.41) is 2.65. The van der Waals surface area contributed by atoms with Gasteiger partial charge in [0.15, 0.2) is 0 Å². The fourth-order valence-corrected chi connectivity index (χ4v) is 3.90. The van der Waals surface area contributed by atoms with Gasteiger partial charge in [0.05, 0.1) is 18.2 Å². The van der Waals surface area contributed by atoms with Crippen LogP contribution >= 0.6 is 0 Å². The molecule has 0 radical (unpaired) electrons. The summed E-state index contributed by atoms with van der Waals surface area (Å²) in [4.78, 5) is 53.0. The number of carbonyl (C=O) groups excluding carboxylic acids is 4. The van der Waals surface area contributed by atoms with Crippen molar-refractivity contribution in [2.45, 2.75) is 52.1 Å². The Kier molecular flexibility index (Phi) is 6.84. The SMILES string of the molecule is CCCC(=O)N(C1CC(=O)N(c2ccc(NC(C)=O)cc2)C1=O)C(C)c1ccccc1. The Morgan fingerprint density at radius 1 is 1.10 bits per heavy atom. The number of nitrogens with zero attached hydrogens (tertiary/aromatic N) is 2. The molecule has 2 aromatic rings. The maximum atomic E-state index is 13.3. The molecular formula is C24H27N3O4. The highest BCUT2D eigenvalue weighted by Crippen LogP contribution is 2.32. The largest absolute Gasteiger partial charge is 0.326 e. The summed E-state index contributed by atoms with van der Waals surface area (Å²) in [7, 11) is 0. The Morgan fingerprint density at radius 2 is 1.74 bits per heavy atom. The Morgan fingerprint density at radius 3 is 2.32 bits per heavy atom. The molecule has 1 heterocycles. The van der Waals surface area contributed by atoms with E-state index in [1.54, 1.807) is 29.2 Å². The molecule has 3 rings (SSSR count). The van der Waals surface area contributed by atoms with E-state index in [-0.39, 0.29) is 30.2 Å². The average molecular weight is 421 g/mol. The first-order chi connectivity index (χ1) is 14.8. The number of imide groups is 1. The van der Waals surface area contributed by atoms with Crippen molar-refractivity contribution < 1.29 is 19.2 Å². The Balaban J connectivity index is 1.89. The maximum absolute atomic E-state index is 13.3. The number of carbonyl (C=O) groups is 4. The number of benzene rings is 2. The standard InChI is InChI=1S/C24H27N3O4/c1-4-8-22(29)26(16(2)18-9-6-5-7-10-18)21-15-23(30)27(24(21)31)20-13-11-19(12-14-20)25-17(3)28/h5-7,9-14,16,21H,4,8,15H2,1-3H3,(H,25,28). The van der Waals surface area contributed by atoms with Gasteiger partial charge in [-0.2, -0.15) is 0 Å². The highest BCUT2D eigenvalue weighted by atomic mass is 16.2. The lowest BCUT2D eigenvalue weighted by molar-refractivity contribution is -0.141. The zero-order valence-corrected chi connectivity index (χ0v) is 18.0. The van der Waals surface area contributed by atoms with Gasteiger partial charge in [-0.15, -0.1) is 0 Å². The minimum absolute atomic E-state index is 0.0566. The predicted molar refractivity (Wildman–Crippen MR) is 118 cm³/mol. The van der Waals surface area contributed by atoms with E-state index in [0.717, 1.165) is 10.5 Å². The average Bonchev–Trinajstić information content (AvgIpc) is 3.03. The van der Waals surface area contributed by atoms with E-state index in [1.807, 2.05) is 44.2 Å². The molecular weight excluding hydrogens is 394 g/mol. The van der Waals surface area contributed by atoms with Crippen LogP contribution in [-0.4, -0.2) is 34.6 Å². The quantitative estimate of drug-likeness (QED) is 0.691. The van der Waals surface area contributed by atoms with Crippen molar-refractivity contribution in [1.29, 1.82) is 0 Å². The van der Waals surface area contributed by atoms with Gasteiger partial charge in [-0.25, -0.2) is 4.90 Å². The first-order valence-corrected chi connectivity index (χ1v) is 10.4. The van der Waals surface area contributed by atoms with E-state index >= 15 is 0 Å². The molecule has 1 aliphatic rings. The highest BCUT2D eigenvalue weighted by molar-refractivity contribution is 6.23. The molecule has 7 nitrogen and oxygen atoms in total. The van der Waals surface area contributed by atoms with Crippen molar-refractivity contribution in [3.63, 3.8) is 0 Å². The second-order valence-electron chi connectivity index (χ2n) is 7.65. The number of anilines is 2. The number of hydrogen-bond donors (Lipinski definition) is 1. The third-order valence-electron chi connectivity index (χ3n) is 5.36. The fourth-order valence-electron chi connectivity index (χ4n) is 3.90. The Labute approximate surface area is 182 Å². The zero-order valence-electron chi connectivity index (χ0n) is 18.0. The van der Waals surface area contributed by atoms with E-state index in [1.165, 1.54) is 6.92 Å². The molecule has 1 saturated heterocycles. The minimum atomic E-state index is -0.850. The summed E-state index contributed by atoms with van der Waals surface area (Å²) in [6, 6.07) is 14.8. The van der Waals surface area contributed by atoms with Gasteiger partial charge in [0.2, 0.25) is 17.7 Å². The lowest BCUT2D eigenvalue weighted by Gasteiger charge is -2.33. The molecule has 0 aromatic heterocycles. The third-order valence-corrected chi connectivity index (χ3v) is 5.36. The van der Waals surface area contributed by atoms with Crippen molar-refractivity contribution in [2.24, 2.45) is 0 Å². The van der Waals surface area contributed by atoms with Gasteiger partial charge in [0, 0.05) is 19.0 Å². The monoisotopic (exact) mass is 421 g/mol. The van der Waals surface area contributed by atoms with Crippen LogP contribution in [0.4, 0.5) is 11.4 Å². The van der Waals surface area contributed by atoms with Crippen LogP contribution in [-0.2, 0) is 19.2 Å².